The Bertz CT molecular complexity index is 1210. The van der Waals surface area contributed by atoms with Crippen molar-refractivity contribution >= 4 is 34.4 Å². The minimum atomic E-state index is -1.29. The van der Waals surface area contributed by atoms with Crippen molar-refractivity contribution in [2.45, 2.75) is 0 Å². The van der Waals surface area contributed by atoms with Crippen LogP contribution in [-0.4, -0.2) is 33.2 Å². The fourth-order valence-corrected chi connectivity index (χ4v) is 2.91. The van der Waals surface area contributed by atoms with Crippen molar-refractivity contribution in [3.63, 3.8) is 0 Å². The van der Waals surface area contributed by atoms with E-state index in [0.717, 1.165) is 10.6 Å². The molecule has 0 unspecified atom stereocenters. The van der Waals surface area contributed by atoms with Crippen molar-refractivity contribution in [1.82, 2.24) is 9.88 Å². The van der Waals surface area contributed by atoms with Gasteiger partial charge in [-0.3, -0.25) is 14.4 Å². The number of ether oxygens (including phenoxy) is 1. The molecule has 0 aliphatic carbocycles. The number of aryl methyl sites for hydroxylation is 1. The highest BCUT2D eigenvalue weighted by Crippen LogP contribution is 2.33. The zero-order chi connectivity index (χ0) is 21.3. The molecule has 3 rings (SSSR count). The van der Waals surface area contributed by atoms with Crippen molar-refractivity contribution < 1.29 is 28.9 Å². The van der Waals surface area contributed by atoms with Crippen LogP contribution >= 0.6 is 11.6 Å². The van der Waals surface area contributed by atoms with Crippen LogP contribution in [0, 0.1) is 5.82 Å². The van der Waals surface area contributed by atoms with E-state index in [0.29, 0.717) is 0 Å². The predicted molar refractivity (Wildman–Crippen MR) is 102 cm³/mol. The first-order chi connectivity index (χ1) is 13.7. The highest BCUT2D eigenvalue weighted by Gasteiger charge is 2.22. The summed E-state index contributed by atoms with van der Waals surface area (Å²) in [7, 11) is 1.38. The highest BCUT2D eigenvalue weighted by atomic mass is 35.5. The molecular weight excluding hydrogens is 407 g/mol. The zero-order valence-corrected chi connectivity index (χ0v) is 15.7. The molecule has 0 aliphatic rings. The van der Waals surface area contributed by atoms with Crippen LogP contribution in [0.25, 0.3) is 10.9 Å². The molecule has 2 aromatic carbocycles. The molecule has 0 radical (unpaired) electrons. The number of carbonyl (C=O) groups is 2. The molecule has 10 heteroatoms. The third kappa shape index (κ3) is 3.99. The summed E-state index contributed by atoms with van der Waals surface area (Å²) in [5.74, 6) is -2.98. The van der Waals surface area contributed by atoms with E-state index >= 15 is 0 Å². The van der Waals surface area contributed by atoms with Gasteiger partial charge in [0.15, 0.2) is 0 Å². The number of benzene rings is 2. The van der Waals surface area contributed by atoms with Crippen LogP contribution in [0.4, 0.5) is 4.39 Å². The Balaban J connectivity index is 2.05. The number of nitrogens with one attached hydrogen (secondary N) is 1. The number of aromatic hydroxyl groups is 1. The Kier molecular flexibility index (Phi) is 5.42. The smallest absolute Gasteiger partial charge is 0.322 e. The van der Waals surface area contributed by atoms with Gasteiger partial charge in [-0.2, -0.15) is 0 Å². The highest BCUT2D eigenvalue weighted by molar-refractivity contribution is 6.32. The molecule has 0 bridgehead atoms. The van der Waals surface area contributed by atoms with Gasteiger partial charge in [-0.15, -0.1) is 0 Å². The maximum absolute atomic E-state index is 13.2. The normalized spacial score (nSPS) is 10.7. The molecule has 1 amide bonds. The van der Waals surface area contributed by atoms with Gasteiger partial charge in [0.05, 0.1) is 10.5 Å². The number of halogens is 2. The predicted octanol–water partition coefficient (Wildman–Crippen LogP) is 2.64. The van der Waals surface area contributed by atoms with Crippen LogP contribution in [-0.2, 0) is 11.8 Å². The molecule has 1 aromatic heterocycles. The number of carboxylic acids is 1. The van der Waals surface area contributed by atoms with E-state index in [2.05, 4.69) is 0 Å². The maximum atomic E-state index is 13.2. The van der Waals surface area contributed by atoms with E-state index in [1.807, 2.05) is 5.32 Å². The van der Waals surface area contributed by atoms with Crippen molar-refractivity contribution in [3.8, 4) is 17.2 Å². The maximum Gasteiger partial charge on any atom is 0.322 e. The summed E-state index contributed by atoms with van der Waals surface area (Å²) >= 11 is 5.94. The molecule has 0 saturated heterocycles. The lowest BCUT2D eigenvalue weighted by Gasteiger charge is -2.13. The van der Waals surface area contributed by atoms with Gasteiger partial charge < -0.3 is 24.8 Å². The number of pyridine rings is 1. The fraction of sp³-hybridized carbons (Fsp3) is 0.105. The molecule has 0 saturated carbocycles. The Morgan fingerprint density at radius 3 is 2.62 bits per heavy atom. The molecule has 3 N–H and O–H groups in total. The SMILES string of the molecule is Cn1c(=O)c(C(=O)NCC(=O)O)c(O)c2ccc(Oc3ccc(F)cc3Cl)cc21. The number of fused-ring (bicyclic) bond motifs is 1. The van der Waals surface area contributed by atoms with Crippen LogP contribution < -0.4 is 15.6 Å². The van der Waals surface area contributed by atoms with E-state index in [1.165, 1.54) is 37.4 Å². The lowest BCUT2D eigenvalue weighted by Crippen LogP contribution is -2.35. The molecule has 150 valence electrons. The minimum Gasteiger partial charge on any atom is -0.506 e. The minimum absolute atomic E-state index is 0.0484. The molecule has 3 aromatic rings. The molecule has 0 fully saturated rings. The van der Waals surface area contributed by atoms with Crippen molar-refractivity contribution in [2.75, 3.05) is 6.54 Å². The first-order valence-corrected chi connectivity index (χ1v) is 8.55. The van der Waals surface area contributed by atoms with E-state index in [9.17, 15) is 23.9 Å². The third-order valence-electron chi connectivity index (χ3n) is 4.09. The lowest BCUT2D eigenvalue weighted by molar-refractivity contribution is -0.135. The molecular formula is C19H14ClFN2O6. The quantitative estimate of drug-likeness (QED) is 0.584. The van der Waals surface area contributed by atoms with Gasteiger partial charge in [0.2, 0.25) is 0 Å². The van der Waals surface area contributed by atoms with Gasteiger partial charge in [0.25, 0.3) is 11.5 Å². The summed E-state index contributed by atoms with van der Waals surface area (Å²) in [6, 6.07) is 7.92. The van der Waals surface area contributed by atoms with E-state index in [-0.39, 0.29) is 27.4 Å². The monoisotopic (exact) mass is 420 g/mol. The van der Waals surface area contributed by atoms with Gasteiger partial charge in [-0.25, -0.2) is 4.39 Å². The van der Waals surface area contributed by atoms with Crippen LogP contribution in [0.5, 0.6) is 17.2 Å². The average molecular weight is 421 g/mol. The standard InChI is InChI=1S/C19H14ClFN2O6/c1-23-13-7-10(29-14-5-2-9(21)6-12(14)20)3-4-11(13)17(26)16(19(23)28)18(27)22-8-15(24)25/h2-7,26H,8H2,1H3,(H,22,27)(H,24,25). The molecule has 8 nitrogen and oxygen atoms in total. The zero-order valence-electron chi connectivity index (χ0n) is 14.9. The Hall–Kier alpha value is -3.59. The second-order valence-corrected chi connectivity index (χ2v) is 6.43. The number of hydrogen-bond acceptors (Lipinski definition) is 5. The summed E-state index contributed by atoms with van der Waals surface area (Å²) in [6.45, 7) is -0.704. The average Bonchev–Trinajstić information content (AvgIpc) is 2.67. The van der Waals surface area contributed by atoms with Gasteiger partial charge in [0, 0.05) is 18.5 Å². The summed E-state index contributed by atoms with van der Waals surface area (Å²) < 4.78 is 19.9. The van der Waals surface area contributed by atoms with Gasteiger partial charge in [-0.1, -0.05) is 11.6 Å². The van der Waals surface area contributed by atoms with Crippen molar-refractivity contribution in [3.05, 3.63) is 63.2 Å². The van der Waals surface area contributed by atoms with Gasteiger partial charge >= 0.3 is 5.97 Å². The number of rotatable bonds is 5. The summed E-state index contributed by atoms with van der Waals surface area (Å²) in [5.41, 5.74) is -1.15. The topological polar surface area (TPSA) is 118 Å². The van der Waals surface area contributed by atoms with Crippen molar-refractivity contribution in [2.24, 2.45) is 7.05 Å². The second-order valence-electron chi connectivity index (χ2n) is 6.02. The number of nitrogens with zero attached hydrogens (tertiary/aromatic N) is 1. The number of carboxylic acid groups (broad SMARTS) is 1. The molecule has 0 aliphatic heterocycles. The van der Waals surface area contributed by atoms with Crippen LogP contribution in [0.1, 0.15) is 10.4 Å². The Labute approximate surface area is 167 Å². The number of aliphatic carboxylic acids is 1. The van der Waals surface area contributed by atoms with Gasteiger partial charge in [0.1, 0.15) is 35.2 Å². The van der Waals surface area contributed by atoms with E-state index < -0.39 is 41.1 Å². The van der Waals surface area contributed by atoms with E-state index in [1.54, 1.807) is 0 Å². The molecule has 1 heterocycles. The summed E-state index contributed by atoms with van der Waals surface area (Å²) in [5, 5.41) is 21.3. The third-order valence-corrected chi connectivity index (χ3v) is 4.39. The molecule has 0 spiro atoms. The van der Waals surface area contributed by atoms with Crippen molar-refractivity contribution in [1.29, 1.82) is 0 Å². The first kappa shape index (κ1) is 20.2. The lowest BCUT2D eigenvalue weighted by atomic mass is 10.1. The van der Waals surface area contributed by atoms with Crippen LogP contribution in [0.3, 0.4) is 0 Å². The Morgan fingerprint density at radius 2 is 1.97 bits per heavy atom. The fourth-order valence-electron chi connectivity index (χ4n) is 2.70. The Morgan fingerprint density at radius 1 is 1.24 bits per heavy atom. The summed E-state index contributed by atoms with van der Waals surface area (Å²) in [4.78, 5) is 35.3. The number of amides is 1. The largest absolute Gasteiger partial charge is 0.506 e. The van der Waals surface area contributed by atoms with Crippen LogP contribution in [0.2, 0.25) is 5.02 Å². The number of carbonyl (C=O) groups excluding carboxylic acids is 1. The number of hydrogen-bond donors (Lipinski definition) is 3. The van der Waals surface area contributed by atoms with E-state index in [4.69, 9.17) is 21.4 Å². The molecule has 29 heavy (non-hydrogen) atoms. The second kappa shape index (κ2) is 7.80. The first-order valence-electron chi connectivity index (χ1n) is 8.17. The van der Waals surface area contributed by atoms with Crippen LogP contribution in [0.15, 0.2) is 41.2 Å². The summed E-state index contributed by atoms with van der Waals surface area (Å²) in [6.07, 6.45) is 0. The molecule has 0 atom stereocenters. The number of aromatic nitrogens is 1. The van der Waals surface area contributed by atoms with Gasteiger partial charge in [-0.05, 0) is 30.3 Å².